The number of hydrogen-bond donors (Lipinski definition) is 3. The highest BCUT2D eigenvalue weighted by atomic mass is 19.4. The predicted molar refractivity (Wildman–Crippen MR) is 58.2 cm³/mol. The molecule has 0 heterocycles. The number of carboxylic acids is 1. The predicted octanol–water partition coefficient (Wildman–Crippen LogP) is 1.88. The quantitative estimate of drug-likeness (QED) is 0.661. The summed E-state index contributed by atoms with van der Waals surface area (Å²) in [5, 5.41) is 12.9. The highest BCUT2D eigenvalue weighted by Gasteiger charge is 2.27. The van der Waals surface area contributed by atoms with E-state index in [2.05, 4.69) is 5.32 Å². The lowest BCUT2D eigenvalue weighted by Crippen LogP contribution is -2.46. The van der Waals surface area contributed by atoms with E-state index in [1.165, 1.54) is 0 Å². The average Bonchev–Trinajstić information content (AvgIpc) is 2.21. The van der Waals surface area contributed by atoms with Crippen LogP contribution < -0.4 is 10.6 Å². The Kier molecular flexibility index (Phi) is 7.14. The van der Waals surface area contributed by atoms with Crippen LogP contribution in [0.2, 0.25) is 0 Å². The van der Waals surface area contributed by atoms with E-state index < -0.39 is 37.2 Å². The van der Waals surface area contributed by atoms with Crippen LogP contribution >= 0.6 is 0 Å². The van der Waals surface area contributed by atoms with E-state index in [9.17, 15) is 22.8 Å². The van der Waals surface area contributed by atoms with Gasteiger partial charge in [0.05, 0.1) is 6.42 Å². The zero-order valence-electron chi connectivity index (χ0n) is 10.0. The van der Waals surface area contributed by atoms with Gasteiger partial charge in [0.1, 0.15) is 6.04 Å². The topological polar surface area (TPSA) is 78.4 Å². The maximum atomic E-state index is 11.8. The van der Waals surface area contributed by atoms with E-state index in [0.29, 0.717) is 6.42 Å². The van der Waals surface area contributed by atoms with Crippen LogP contribution in [0.3, 0.4) is 0 Å². The number of urea groups is 1. The van der Waals surface area contributed by atoms with Crippen molar-refractivity contribution in [2.45, 2.75) is 44.8 Å². The van der Waals surface area contributed by atoms with Gasteiger partial charge in [-0.2, -0.15) is 13.2 Å². The Morgan fingerprint density at radius 3 is 2.39 bits per heavy atom. The summed E-state index contributed by atoms with van der Waals surface area (Å²) < 4.78 is 35.4. The summed E-state index contributed by atoms with van der Waals surface area (Å²) in [5.41, 5.74) is 0. The second-order valence-electron chi connectivity index (χ2n) is 3.80. The molecule has 0 aromatic carbocycles. The summed E-state index contributed by atoms with van der Waals surface area (Å²) in [5.74, 6) is -1.20. The van der Waals surface area contributed by atoms with E-state index in [0.717, 1.165) is 6.42 Å². The van der Waals surface area contributed by atoms with Gasteiger partial charge in [-0.15, -0.1) is 0 Å². The maximum absolute atomic E-state index is 11.8. The summed E-state index contributed by atoms with van der Waals surface area (Å²) in [4.78, 5) is 21.9. The SMILES string of the molecule is CCCCC(NC(=O)NCCC(F)(F)F)C(=O)O. The van der Waals surface area contributed by atoms with Crippen molar-refractivity contribution in [1.82, 2.24) is 10.6 Å². The Morgan fingerprint density at radius 1 is 1.33 bits per heavy atom. The first kappa shape index (κ1) is 16.5. The van der Waals surface area contributed by atoms with Gasteiger partial charge in [-0.1, -0.05) is 19.8 Å². The molecule has 0 saturated carbocycles. The van der Waals surface area contributed by atoms with Crippen LogP contribution in [0.4, 0.5) is 18.0 Å². The first-order valence-electron chi connectivity index (χ1n) is 5.60. The van der Waals surface area contributed by atoms with Crippen molar-refractivity contribution in [3.63, 3.8) is 0 Å². The number of carbonyl (C=O) groups excluding carboxylic acids is 1. The van der Waals surface area contributed by atoms with Crippen LogP contribution in [0.15, 0.2) is 0 Å². The van der Waals surface area contributed by atoms with Crippen molar-refractivity contribution in [1.29, 1.82) is 0 Å². The number of halogens is 3. The van der Waals surface area contributed by atoms with E-state index in [4.69, 9.17) is 5.11 Å². The molecule has 0 aliphatic rings. The second kappa shape index (κ2) is 7.78. The monoisotopic (exact) mass is 270 g/mol. The van der Waals surface area contributed by atoms with Crippen molar-refractivity contribution in [3.05, 3.63) is 0 Å². The second-order valence-corrected chi connectivity index (χ2v) is 3.80. The van der Waals surface area contributed by atoms with Gasteiger partial charge in [-0.05, 0) is 6.42 Å². The van der Waals surface area contributed by atoms with Crippen LogP contribution in [0.5, 0.6) is 0 Å². The molecule has 8 heteroatoms. The van der Waals surface area contributed by atoms with Crippen molar-refractivity contribution in [2.75, 3.05) is 6.54 Å². The zero-order chi connectivity index (χ0) is 14.2. The van der Waals surface area contributed by atoms with Gasteiger partial charge in [0.2, 0.25) is 0 Å². The molecule has 1 atom stereocenters. The summed E-state index contributed by atoms with van der Waals surface area (Å²) >= 11 is 0. The lowest BCUT2D eigenvalue weighted by Gasteiger charge is -2.15. The van der Waals surface area contributed by atoms with Crippen LogP contribution in [0, 0.1) is 0 Å². The molecule has 0 spiro atoms. The Balaban J connectivity index is 3.99. The number of carbonyl (C=O) groups is 2. The fraction of sp³-hybridized carbons (Fsp3) is 0.800. The fourth-order valence-corrected chi connectivity index (χ4v) is 1.19. The Morgan fingerprint density at radius 2 is 1.94 bits per heavy atom. The minimum atomic E-state index is -4.35. The molecule has 1 unspecified atom stereocenters. The molecule has 0 aromatic heterocycles. The molecule has 2 amide bonds. The Hall–Kier alpha value is -1.47. The van der Waals surface area contributed by atoms with Gasteiger partial charge in [-0.25, -0.2) is 9.59 Å². The largest absolute Gasteiger partial charge is 0.480 e. The molecule has 0 fully saturated rings. The molecular formula is C10H17F3N2O3. The van der Waals surface area contributed by atoms with Crippen LogP contribution in [-0.2, 0) is 4.79 Å². The van der Waals surface area contributed by atoms with Gasteiger partial charge < -0.3 is 15.7 Å². The summed E-state index contributed by atoms with van der Waals surface area (Å²) in [6.45, 7) is 1.29. The number of nitrogens with one attached hydrogen (secondary N) is 2. The number of aliphatic carboxylic acids is 1. The van der Waals surface area contributed by atoms with Crippen LogP contribution in [0.1, 0.15) is 32.6 Å². The number of alkyl halides is 3. The molecular weight excluding hydrogens is 253 g/mol. The van der Waals surface area contributed by atoms with E-state index in [-0.39, 0.29) is 6.42 Å². The molecule has 0 saturated heterocycles. The van der Waals surface area contributed by atoms with E-state index in [1.807, 2.05) is 12.2 Å². The first-order chi connectivity index (χ1) is 8.26. The van der Waals surface area contributed by atoms with Crippen LogP contribution in [0.25, 0.3) is 0 Å². The van der Waals surface area contributed by atoms with E-state index >= 15 is 0 Å². The highest BCUT2D eigenvalue weighted by Crippen LogP contribution is 2.18. The van der Waals surface area contributed by atoms with Crippen molar-refractivity contribution >= 4 is 12.0 Å². The van der Waals surface area contributed by atoms with Gasteiger partial charge in [0, 0.05) is 6.54 Å². The van der Waals surface area contributed by atoms with Crippen molar-refractivity contribution < 1.29 is 27.9 Å². The third kappa shape index (κ3) is 8.66. The summed E-state index contributed by atoms with van der Waals surface area (Å²) in [6.07, 6.45) is -3.87. The molecule has 0 aliphatic carbocycles. The van der Waals surface area contributed by atoms with Crippen LogP contribution in [-0.4, -0.2) is 35.9 Å². The third-order valence-electron chi connectivity index (χ3n) is 2.14. The lowest BCUT2D eigenvalue weighted by atomic mass is 10.1. The number of unbranched alkanes of at least 4 members (excludes halogenated alkanes) is 1. The molecule has 0 rings (SSSR count). The van der Waals surface area contributed by atoms with E-state index in [1.54, 1.807) is 0 Å². The first-order valence-corrected chi connectivity index (χ1v) is 5.60. The smallest absolute Gasteiger partial charge is 0.390 e. The molecule has 0 aliphatic heterocycles. The number of carboxylic acid groups (broad SMARTS) is 1. The van der Waals surface area contributed by atoms with Crippen molar-refractivity contribution in [3.8, 4) is 0 Å². The van der Waals surface area contributed by atoms with Gasteiger partial charge in [0.25, 0.3) is 0 Å². The summed E-state index contributed by atoms with van der Waals surface area (Å²) in [6, 6.07) is -1.97. The molecule has 0 bridgehead atoms. The molecule has 0 radical (unpaired) electrons. The van der Waals surface area contributed by atoms with Gasteiger partial charge >= 0.3 is 18.2 Å². The minimum Gasteiger partial charge on any atom is -0.480 e. The fourth-order valence-electron chi connectivity index (χ4n) is 1.19. The summed E-state index contributed by atoms with van der Waals surface area (Å²) in [7, 11) is 0. The third-order valence-corrected chi connectivity index (χ3v) is 2.14. The minimum absolute atomic E-state index is 0.249. The number of rotatable bonds is 7. The molecule has 3 N–H and O–H groups in total. The van der Waals surface area contributed by atoms with Gasteiger partial charge in [0.15, 0.2) is 0 Å². The normalized spacial score (nSPS) is 12.9. The van der Waals surface area contributed by atoms with Gasteiger partial charge in [-0.3, -0.25) is 0 Å². The lowest BCUT2D eigenvalue weighted by molar-refractivity contribution is -0.139. The number of hydrogen-bond acceptors (Lipinski definition) is 2. The average molecular weight is 270 g/mol. The zero-order valence-corrected chi connectivity index (χ0v) is 10.0. The Bertz CT molecular complexity index is 282. The van der Waals surface area contributed by atoms with Crippen molar-refractivity contribution in [2.24, 2.45) is 0 Å². The highest BCUT2D eigenvalue weighted by molar-refractivity contribution is 5.82. The molecule has 18 heavy (non-hydrogen) atoms. The Labute approximate surface area is 103 Å². The molecule has 106 valence electrons. The molecule has 5 nitrogen and oxygen atoms in total. The number of amides is 2. The maximum Gasteiger partial charge on any atom is 0.390 e. The standard InChI is InChI=1S/C10H17F3N2O3/c1-2-3-4-7(8(16)17)15-9(18)14-6-5-10(11,12)13/h7H,2-6H2,1H3,(H,16,17)(H2,14,15,18). The molecule has 0 aromatic rings.